The molecule has 0 aromatic heterocycles. The molecule has 128 valence electrons. The van der Waals surface area contributed by atoms with Crippen LogP contribution in [0.5, 0.6) is 0 Å². The molecule has 7 heteroatoms. The minimum Gasteiger partial charge on any atom is -0.349 e. The first-order valence-corrected chi connectivity index (χ1v) is 9.39. The van der Waals surface area contributed by atoms with E-state index in [1.807, 2.05) is 11.8 Å². The van der Waals surface area contributed by atoms with E-state index >= 15 is 0 Å². The van der Waals surface area contributed by atoms with E-state index in [1.165, 1.54) is 12.1 Å². The van der Waals surface area contributed by atoms with E-state index in [-0.39, 0.29) is 35.8 Å². The summed E-state index contributed by atoms with van der Waals surface area (Å²) in [5, 5.41) is 2.84. The van der Waals surface area contributed by atoms with Crippen LogP contribution in [-0.4, -0.2) is 49.9 Å². The Morgan fingerprint density at radius 2 is 2.00 bits per heavy atom. The highest BCUT2D eigenvalue weighted by Crippen LogP contribution is 2.23. The zero-order valence-electron chi connectivity index (χ0n) is 13.7. The van der Waals surface area contributed by atoms with E-state index in [4.69, 9.17) is 0 Å². The smallest absolute Gasteiger partial charge is 0.234 e. The molecular weight excluding hydrogens is 319 g/mol. The molecule has 1 N–H and O–H groups in total. The van der Waals surface area contributed by atoms with Crippen LogP contribution in [0.2, 0.25) is 0 Å². The third kappa shape index (κ3) is 4.75. The number of carbonyl (C=O) groups is 1. The average Bonchev–Trinajstić information content (AvgIpc) is 2.72. The largest absolute Gasteiger partial charge is 0.349 e. The van der Waals surface area contributed by atoms with Crippen molar-refractivity contribution in [2.75, 3.05) is 25.1 Å². The maximum absolute atomic E-state index is 13.0. The molecule has 23 heavy (non-hydrogen) atoms. The van der Waals surface area contributed by atoms with Crippen LogP contribution in [0, 0.1) is 5.82 Å². The highest BCUT2D eigenvalue weighted by molar-refractivity contribution is 7.91. The lowest BCUT2D eigenvalue weighted by atomic mass is 10.0. The first kappa shape index (κ1) is 17.9. The lowest BCUT2D eigenvalue weighted by molar-refractivity contribution is -0.123. The average molecular weight is 342 g/mol. The summed E-state index contributed by atoms with van der Waals surface area (Å²) >= 11 is 0. The molecule has 1 aliphatic rings. The van der Waals surface area contributed by atoms with Crippen LogP contribution < -0.4 is 5.32 Å². The number of hydrogen-bond donors (Lipinski definition) is 1. The lowest BCUT2D eigenvalue weighted by Gasteiger charge is -2.28. The fourth-order valence-corrected chi connectivity index (χ4v) is 4.94. The van der Waals surface area contributed by atoms with Gasteiger partial charge in [0.2, 0.25) is 5.91 Å². The van der Waals surface area contributed by atoms with Crippen molar-refractivity contribution in [3.63, 3.8) is 0 Å². The Labute approximate surface area is 136 Å². The number of benzene rings is 1. The number of amides is 1. The maximum atomic E-state index is 13.0. The molecule has 0 spiro atoms. The topological polar surface area (TPSA) is 66.5 Å². The van der Waals surface area contributed by atoms with Gasteiger partial charge in [-0.2, -0.15) is 0 Å². The first-order valence-electron chi connectivity index (χ1n) is 7.57. The number of halogens is 1. The van der Waals surface area contributed by atoms with Gasteiger partial charge in [-0.05, 0) is 45.0 Å². The Kier molecular flexibility index (Phi) is 5.10. The second kappa shape index (κ2) is 6.57. The van der Waals surface area contributed by atoms with E-state index < -0.39 is 15.4 Å². The Morgan fingerprint density at radius 3 is 2.52 bits per heavy atom. The summed E-state index contributed by atoms with van der Waals surface area (Å²) in [6.45, 7) is 3.84. The molecule has 1 fully saturated rings. The number of likely N-dealkylation sites (N-methyl/N-ethyl adjacent to an activating group) is 1. The fourth-order valence-electron chi connectivity index (χ4n) is 2.84. The maximum Gasteiger partial charge on any atom is 0.234 e. The van der Waals surface area contributed by atoms with Crippen molar-refractivity contribution in [3.8, 4) is 0 Å². The van der Waals surface area contributed by atoms with E-state index in [2.05, 4.69) is 5.32 Å². The molecule has 2 atom stereocenters. The van der Waals surface area contributed by atoms with Crippen LogP contribution in [0.25, 0.3) is 0 Å². The number of sulfone groups is 1. The van der Waals surface area contributed by atoms with Gasteiger partial charge < -0.3 is 5.32 Å². The Morgan fingerprint density at radius 1 is 1.39 bits per heavy atom. The third-order valence-electron chi connectivity index (χ3n) is 4.35. The van der Waals surface area contributed by atoms with E-state index in [9.17, 15) is 17.6 Å². The molecule has 1 amide bonds. The standard InChI is InChI=1S/C16H23FN2O3S/c1-12(13-4-6-14(17)7-5-13)19(3)10-15(20)18-16(2)8-9-23(21,22)11-16/h4-7,12H,8-11H2,1-3H3,(H,18,20)/t12-,16+/m1/s1. The van der Waals surface area contributed by atoms with Gasteiger partial charge in [-0.1, -0.05) is 12.1 Å². The van der Waals surface area contributed by atoms with Gasteiger partial charge in [0.1, 0.15) is 5.82 Å². The minimum atomic E-state index is -3.06. The van der Waals surface area contributed by atoms with Gasteiger partial charge in [-0.25, -0.2) is 12.8 Å². The highest BCUT2D eigenvalue weighted by Gasteiger charge is 2.39. The van der Waals surface area contributed by atoms with Gasteiger partial charge in [0.05, 0.1) is 23.6 Å². The molecule has 5 nitrogen and oxygen atoms in total. The third-order valence-corrected chi connectivity index (χ3v) is 6.25. The van der Waals surface area contributed by atoms with Crippen molar-refractivity contribution in [2.45, 2.75) is 31.8 Å². The molecule has 1 saturated heterocycles. The Hall–Kier alpha value is -1.47. The van der Waals surface area contributed by atoms with E-state index in [1.54, 1.807) is 26.1 Å². The summed E-state index contributed by atoms with van der Waals surface area (Å²) in [6.07, 6.45) is 0.443. The summed E-state index contributed by atoms with van der Waals surface area (Å²) in [5.74, 6) is -0.396. The molecule has 0 radical (unpaired) electrons. The van der Waals surface area contributed by atoms with Crippen molar-refractivity contribution >= 4 is 15.7 Å². The Balaban J connectivity index is 1.93. The van der Waals surface area contributed by atoms with Crippen molar-refractivity contribution in [1.29, 1.82) is 0 Å². The number of hydrogen-bond acceptors (Lipinski definition) is 4. The highest BCUT2D eigenvalue weighted by atomic mass is 32.2. The molecule has 0 aliphatic carbocycles. The van der Waals surface area contributed by atoms with Crippen LogP contribution in [-0.2, 0) is 14.6 Å². The van der Waals surface area contributed by atoms with E-state index in [0.717, 1.165) is 5.56 Å². The quantitative estimate of drug-likeness (QED) is 0.881. The zero-order valence-corrected chi connectivity index (χ0v) is 14.5. The minimum absolute atomic E-state index is 0.0109. The van der Waals surface area contributed by atoms with Crippen molar-refractivity contribution in [3.05, 3.63) is 35.6 Å². The van der Waals surface area contributed by atoms with Crippen LogP contribution in [0.4, 0.5) is 4.39 Å². The summed E-state index contributed by atoms with van der Waals surface area (Å²) in [6, 6.07) is 6.12. The van der Waals surface area contributed by atoms with Gasteiger partial charge in [0.15, 0.2) is 9.84 Å². The van der Waals surface area contributed by atoms with Crippen molar-refractivity contribution in [2.24, 2.45) is 0 Å². The van der Waals surface area contributed by atoms with Crippen LogP contribution in [0.3, 0.4) is 0 Å². The monoisotopic (exact) mass is 342 g/mol. The molecule has 1 aromatic rings. The summed E-state index contributed by atoms with van der Waals surface area (Å²) in [5.41, 5.74) is 0.229. The van der Waals surface area contributed by atoms with Crippen molar-refractivity contribution < 1.29 is 17.6 Å². The molecule has 2 rings (SSSR count). The fraction of sp³-hybridized carbons (Fsp3) is 0.562. The Bertz CT molecular complexity index is 675. The molecule has 1 aromatic carbocycles. The second-order valence-corrected chi connectivity index (χ2v) is 8.78. The van der Waals surface area contributed by atoms with Gasteiger partial charge in [0.25, 0.3) is 0 Å². The molecule has 0 unspecified atom stereocenters. The SMILES string of the molecule is C[C@H](c1ccc(F)cc1)N(C)CC(=O)N[C@@]1(C)CCS(=O)(=O)C1. The van der Waals surface area contributed by atoms with Gasteiger partial charge >= 0.3 is 0 Å². The van der Waals surface area contributed by atoms with Gasteiger partial charge in [-0.3, -0.25) is 9.69 Å². The summed E-state index contributed by atoms with van der Waals surface area (Å²) in [7, 11) is -1.25. The predicted octanol–water partition coefficient (Wildman–Crippen LogP) is 1.51. The van der Waals surface area contributed by atoms with Crippen molar-refractivity contribution in [1.82, 2.24) is 10.2 Å². The second-order valence-electron chi connectivity index (χ2n) is 6.59. The number of rotatable bonds is 5. The molecule has 1 aliphatic heterocycles. The molecule has 0 saturated carbocycles. The first-order chi connectivity index (χ1) is 10.6. The van der Waals surface area contributed by atoms with E-state index in [0.29, 0.717) is 6.42 Å². The zero-order chi connectivity index (χ0) is 17.3. The molecule has 0 bridgehead atoms. The predicted molar refractivity (Wildman–Crippen MR) is 87.3 cm³/mol. The summed E-state index contributed by atoms with van der Waals surface area (Å²) < 4.78 is 36.1. The molecular formula is C16H23FN2O3S. The van der Waals surface area contributed by atoms with Crippen LogP contribution >= 0.6 is 0 Å². The number of carbonyl (C=O) groups excluding carboxylic acids is 1. The lowest BCUT2D eigenvalue weighted by Crippen LogP contribution is -2.50. The molecule has 1 heterocycles. The van der Waals surface area contributed by atoms with Gasteiger partial charge in [0, 0.05) is 6.04 Å². The van der Waals surface area contributed by atoms with Crippen LogP contribution in [0.15, 0.2) is 24.3 Å². The normalized spacial score (nSPS) is 24.6. The summed E-state index contributed by atoms with van der Waals surface area (Å²) in [4.78, 5) is 14.1. The van der Waals surface area contributed by atoms with Gasteiger partial charge in [-0.15, -0.1) is 0 Å². The number of nitrogens with one attached hydrogen (secondary N) is 1. The number of nitrogens with zero attached hydrogens (tertiary/aromatic N) is 1. The van der Waals surface area contributed by atoms with Crippen LogP contribution in [0.1, 0.15) is 31.9 Å².